The van der Waals surface area contributed by atoms with Crippen LogP contribution in [-0.2, 0) is 16.4 Å². The van der Waals surface area contributed by atoms with Gasteiger partial charge in [-0.15, -0.1) is 0 Å². The van der Waals surface area contributed by atoms with E-state index in [0.717, 1.165) is 5.56 Å². The molecule has 0 radical (unpaired) electrons. The van der Waals surface area contributed by atoms with Crippen molar-refractivity contribution in [3.8, 4) is 6.07 Å². The number of nitrogens with zero attached hydrogens (tertiary/aromatic N) is 2. The Morgan fingerprint density at radius 3 is 2.57 bits per heavy atom. The molecule has 0 unspecified atom stereocenters. The van der Waals surface area contributed by atoms with E-state index in [0.29, 0.717) is 5.69 Å². The molecule has 7 nitrogen and oxygen atoms in total. The average molecular weight is 303 g/mol. The monoisotopic (exact) mass is 303 g/mol. The molecular formula is C13H13N5O2S. The number of nitrogen functional groups attached to an aromatic ring is 1. The summed E-state index contributed by atoms with van der Waals surface area (Å²) in [6, 6.07) is 11.3. The Labute approximate surface area is 122 Å². The van der Waals surface area contributed by atoms with E-state index in [1.807, 2.05) is 6.07 Å². The molecular weight excluding hydrogens is 290 g/mol. The van der Waals surface area contributed by atoms with Crippen LogP contribution in [0.15, 0.2) is 47.5 Å². The van der Waals surface area contributed by atoms with Gasteiger partial charge in [0.1, 0.15) is 5.82 Å². The standard InChI is InChI=1S/C13H13N5O2S/c14-7-5-10-1-3-11(4-2-10)18-21(19,20)12-6-8-16-13(9-12)17-15/h1-4,6,8-9,18H,5,15H2,(H,16,17). The Morgan fingerprint density at radius 1 is 1.24 bits per heavy atom. The summed E-state index contributed by atoms with van der Waals surface area (Å²) in [4.78, 5) is 3.90. The number of hydrogen-bond acceptors (Lipinski definition) is 6. The number of nitrogens with one attached hydrogen (secondary N) is 2. The van der Waals surface area contributed by atoms with E-state index >= 15 is 0 Å². The summed E-state index contributed by atoms with van der Waals surface area (Å²) in [6.07, 6.45) is 1.63. The predicted molar refractivity (Wildman–Crippen MR) is 78.6 cm³/mol. The molecule has 0 aliphatic carbocycles. The molecule has 1 aromatic carbocycles. The number of anilines is 2. The number of aromatic nitrogens is 1. The molecule has 8 heteroatoms. The van der Waals surface area contributed by atoms with E-state index in [9.17, 15) is 8.42 Å². The van der Waals surface area contributed by atoms with Crippen molar-refractivity contribution in [1.82, 2.24) is 4.98 Å². The lowest BCUT2D eigenvalue weighted by molar-refractivity contribution is 0.601. The minimum Gasteiger partial charge on any atom is -0.308 e. The van der Waals surface area contributed by atoms with Gasteiger partial charge in [0.2, 0.25) is 0 Å². The van der Waals surface area contributed by atoms with Crippen LogP contribution in [0.25, 0.3) is 0 Å². The summed E-state index contributed by atoms with van der Waals surface area (Å²) in [6.45, 7) is 0. The maximum Gasteiger partial charge on any atom is 0.262 e. The molecule has 4 N–H and O–H groups in total. The molecule has 0 fully saturated rings. The van der Waals surface area contributed by atoms with Crippen LogP contribution in [0.4, 0.5) is 11.5 Å². The fourth-order valence-corrected chi connectivity index (χ4v) is 2.72. The van der Waals surface area contributed by atoms with Gasteiger partial charge >= 0.3 is 0 Å². The summed E-state index contributed by atoms with van der Waals surface area (Å²) in [7, 11) is -3.72. The number of sulfonamides is 1. The molecule has 0 amide bonds. The highest BCUT2D eigenvalue weighted by atomic mass is 32.2. The van der Waals surface area contributed by atoms with Crippen LogP contribution < -0.4 is 16.0 Å². The Hall–Kier alpha value is -2.63. The van der Waals surface area contributed by atoms with Gasteiger partial charge in [0.05, 0.1) is 17.4 Å². The van der Waals surface area contributed by atoms with Crippen molar-refractivity contribution in [2.24, 2.45) is 5.84 Å². The van der Waals surface area contributed by atoms with E-state index < -0.39 is 10.0 Å². The fourth-order valence-electron chi connectivity index (χ4n) is 1.65. The molecule has 2 aromatic rings. The van der Waals surface area contributed by atoms with Crippen LogP contribution in [0.2, 0.25) is 0 Å². The topological polar surface area (TPSA) is 121 Å². The first-order valence-corrected chi connectivity index (χ1v) is 7.45. The zero-order valence-corrected chi connectivity index (χ0v) is 11.8. The Bertz CT molecular complexity index is 766. The Morgan fingerprint density at radius 2 is 1.95 bits per heavy atom. The summed E-state index contributed by atoms with van der Waals surface area (Å²) >= 11 is 0. The number of pyridine rings is 1. The lowest BCUT2D eigenvalue weighted by Gasteiger charge is -2.09. The first-order valence-electron chi connectivity index (χ1n) is 5.96. The second kappa shape index (κ2) is 6.21. The first-order chi connectivity index (χ1) is 10.0. The SMILES string of the molecule is N#CCc1ccc(NS(=O)(=O)c2ccnc(NN)c2)cc1. The Balaban J connectivity index is 2.22. The van der Waals surface area contributed by atoms with Crippen molar-refractivity contribution in [2.45, 2.75) is 11.3 Å². The molecule has 108 valence electrons. The second-order valence-electron chi connectivity index (χ2n) is 4.16. The smallest absolute Gasteiger partial charge is 0.262 e. The van der Waals surface area contributed by atoms with Crippen molar-refractivity contribution >= 4 is 21.5 Å². The second-order valence-corrected chi connectivity index (χ2v) is 5.84. The zero-order valence-electron chi connectivity index (χ0n) is 10.9. The average Bonchev–Trinajstić information content (AvgIpc) is 2.49. The quantitative estimate of drug-likeness (QED) is 0.564. The van der Waals surface area contributed by atoms with E-state index in [-0.39, 0.29) is 17.1 Å². The molecule has 1 aromatic heterocycles. The van der Waals surface area contributed by atoms with Crippen molar-refractivity contribution in [3.63, 3.8) is 0 Å². The fraction of sp³-hybridized carbons (Fsp3) is 0.0769. The van der Waals surface area contributed by atoms with Crippen LogP contribution in [0.3, 0.4) is 0 Å². The summed E-state index contributed by atoms with van der Waals surface area (Å²) in [5, 5.41) is 8.59. The highest BCUT2D eigenvalue weighted by Gasteiger charge is 2.14. The number of nitrogens with two attached hydrogens (primary N) is 1. The largest absolute Gasteiger partial charge is 0.308 e. The van der Waals surface area contributed by atoms with Crippen molar-refractivity contribution < 1.29 is 8.42 Å². The third kappa shape index (κ3) is 3.68. The van der Waals surface area contributed by atoms with Crippen LogP contribution in [0.5, 0.6) is 0 Å². The van der Waals surface area contributed by atoms with Gasteiger partial charge in [0, 0.05) is 18.0 Å². The first kappa shape index (κ1) is 14.8. The lowest BCUT2D eigenvalue weighted by Crippen LogP contribution is -2.14. The summed E-state index contributed by atoms with van der Waals surface area (Å²) < 4.78 is 26.9. The molecule has 0 bridgehead atoms. The van der Waals surface area contributed by atoms with Gasteiger partial charge in [-0.3, -0.25) is 4.72 Å². The molecule has 1 heterocycles. The number of benzene rings is 1. The third-order valence-corrected chi connectivity index (χ3v) is 4.06. The zero-order chi connectivity index (χ0) is 15.3. The van der Waals surface area contributed by atoms with Gasteiger partial charge < -0.3 is 5.43 Å². The number of hydrogen-bond donors (Lipinski definition) is 3. The number of rotatable bonds is 5. The van der Waals surface area contributed by atoms with Crippen molar-refractivity contribution in [1.29, 1.82) is 5.26 Å². The molecule has 0 atom stereocenters. The van der Waals surface area contributed by atoms with Gasteiger partial charge in [-0.25, -0.2) is 19.2 Å². The molecule has 0 saturated heterocycles. The number of nitriles is 1. The molecule has 21 heavy (non-hydrogen) atoms. The highest BCUT2D eigenvalue weighted by Crippen LogP contribution is 2.18. The van der Waals surface area contributed by atoms with Crippen LogP contribution in [0.1, 0.15) is 5.56 Å². The van der Waals surface area contributed by atoms with Crippen LogP contribution in [-0.4, -0.2) is 13.4 Å². The normalized spacial score (nSPS) is 10.7. The molecule has 2 rings (SSSR count). The van der Waals surface area contributed by atoms with Crippen molar-refractivity contribution in [3.05, 3.63) is 48.2 Å². The van der Waals surface area contributed by atoms with Crippen LogP contribution >= 0.6 is 0 Å². The molecule has 0 aliphatic heterocycles. The van der Waals surface area contributed by atoms with Gasteiger partial charge in [0.15, 0.2) is 0 Å². The summed E-state index contributed by atoms with van der Waals surface area (Å²) in [5.41, 5.74) is 3.52. The van der Waals surface area contributed by atoms with E-state index in [4.69, 9.17) is 11.1 Å². The number of hydrazine groups is 1. The van der Waals surface area contributed by atoms with E-state index in [1.54, 1.807) is 24.3 Å². The maximum atomic E-state index is 12.2. The lowest BCUT2D eigenvalue weighted by atomic mass is 10.1. The minimum atomic E-state index is -3.72. The minimum absolute atomic E-state index is 0.0477. The maximum absolute atomic E-state index is 12.2. The Kier molecular flexibility index (Phi) is 4.37. The molecule has 0 spiro atoms. The predicted octanol–water partition coefficient (Wildman–Crippen LogP) is 1.23. The molecule has 0 aliphatic rings. The summed E-state index contributed by atoms with van der Waals surface area (Å²) in [5.74, 6) is 5.46. The van der Waals surface area contributed by atoms with Gasteiger partial charge in [0.25, 0.3) is 10.0 Å². The van der Waals surface area contributed by atoms with E-state index in [1.165, 1.54) is 18.3 Å². The third-order valence-electron chi connectivity index (χ3n) is 2.68. The van der Waals surface area contributed by atoms with E-state index in [2.05, 4.69) is 15.1 Å². The molecule has 0 saturated carbocycles. The van der Waals surface area contributed by atoms with Crippen LogP contribution in [0, 0.1) is 11.3 Å². The highest BCUT2D eigenvalue weighted by molar-refractivity contribution is 7.92. The van der Waals surface area contributed by atoms with Gasteiger partial charge in [-0.05, 0) is 23.8 Å². The van der Waals surface area contributed by atoms with Crippen molar-refractivity contribution in [2.75, 3.05) is 10.1 Å². The van der Waals surface area contributed by atoms with Gasteiger partial charge in [-0.2, -0.15) is 5.26 Å². The van der Waals surface area contributed by atoms with Gasteiger partial charge in [-0.1, -0.05) is 12.1 Å².